The molecule has 1 atom stereocenters. The molecule has 3 heterocycles. The van der Waals surface area contributed by atoms with Crippen LogP contribution in [0.1, 0.15) is 33.4 Å². The van der Waals surface area contributed by atoms with Crippen molar-refractivity contribution >= 4 is 56.5 Å². The first-order valence-corrected chi connectivity index (χ1v) is 10.3. The molecular formula is C21H12Cl2N2O3S. The van der Waals surface area contributed by atoms with Gasteiger partial charge >= 0.3 is 0 Å². The van der Waals surface area contributed by atoms with Crippen molar-refractivity contribution in [2.45, 2.75) is 13.0 Å². The highest BCUT2D eigenvalue weighted by atomic mass is 35.5. The van der Waals surface area contributed by atoms with Crippen LogP contribution >= 0.6 is 34.5 Å². The molecule has 8 heteroatoms. The Morgan fingerprint density at radius 2 is 1.90 bits per heavy atom. The molecule has 0 radical (unpaired) electrons. The van der Waals surface area contributed by atoms with Crippen LogP contribution in [0.15, 0.2) is 57.1 Å². The predicted octanol–water partition coefficient (Wildman–Crippen LogP) is 5.61. The number of anilines is 1. The highest BCUT2D eigenvalue weighted by molar-refractivity contribution is 7.14. The topological polar surface area (TPSA) is 63.4 Å². The molecule has 0 saturated heterocycles. The predicted molar refractivity (Wildman–Crippen MR) is 114 cm³/mol. The van der Waals surface area contributed by atoms with Crippen molar-refractivity contribution in [3.63, 3.8) is 0 Å². The first-order valence-electron chi connectivity index (χ1n) is 8.71. The molecule has 1 aliphatic rings. The Morgan fingerprint density at radius 3 is 2.62 bits per heavy atom. The molecule has 5 rings (SSSR count). The molecule has 0 N–H and O–H groups in total. The van der Waals surface area contributed by atoms with Crippen LogP contribution < -0.4 is 10.3 Å². The van der Waals surface area contributed by atoms with Gasteiger partial charge in [0, 0.05) is 15.4 Å². The van der Waals surface area contributed by atoms with E-state index in [0.29, 0.717) is 31.7 Å². The Bertz CT molecular complexity index is 1360. The van der Waals surface area contributed by atoms with Crippen LogP contribution in [0.3, 0.4) is 0 Å². The van der Waals surface area contributed by atoms with Crippen LogP contribution in [0.25, 0.3) is 11.0 Å². The Balaban J connectivity index is 1.84. The number of carbonyl (C=O) groups is 1. The number of aromatic nitrogens is 1. The molecule has 0 fully saturated rings. The maximum atomic E-state index is 13.4. The van der Waals surface area contributed by atoms with Crippen LogP contribution in [0, 0.1) is 6.92 Å². The van der Waals surface area contributed by atoms with E-state index in [1.807, 2.05) is 18.4 Å². The van der Waals surface area contributed by atoms with Crippen molar-refractivity contribution in [2.75, 3.05) is 4.90 Å². The van der Waals surface area contributed by atoms with Crippen molar-refractivity contribution in [3.8, 4) is 0 Å². The van der Waals surface area contributed by atoms with E-state index in [4.69, 9.17) is 27.6 Å². The average molecular weight is 443 g/mol. The molecule has 5 nitrogen and oxygen atoms in total. The summed E-state index contributed by atoms with van der Waals surface area (Å²) in [5, 5.41) is 3.60. The van der Waals surface area contributed by atoms with E-state index in [9.17, 15) is 9.59 Å². The van der Waals surface area contributed by atoms with E-state index in [1.165, 1.54) is 16.2 Å². The summed E-state index contributed by atoms with van der Waals surface area (Å²) in [7, 11) is 0. The van der Waals surface area contributed by atoms with Gasteiger partial charge in [-0.15, -0.1) is 11.3 Å². The van der Waals surface area contributed by atoms with Crippen molar-refractivity contribution in [1.29, 1.82) is 0 Å². The Kier molecular flexibility index (Phi) is 4.24. The molecule has 0 aliphatic carbocycles. The fraction of sp³-hybridized carbons (Fsp3) is 0.0952. The molecule has 4 aromatic rings. The van der Waals surface area contributed by atoms with Crippen molar-refractivity contribution in [2.24, 2.45) is 0 Å². The SMILES string of the molecule is Cc1csc(N2C(=O)c3oc4ccc(Cl)cc4c(=O)c3[C@H]2c2cccc(Cl)c2)n1. The lowest BCUT2D eigenvalue weighted by molar-refractivity contribution is 0.0971. The molecule has 0 spiro atoms. The number of hydrogen-bond acceptors (Lipinski definition) is 5. The number of benzene rings is 2. The number of carbonyl (C=O) groups excluding carboxylic acids is 1. The molecule has 2 aromatic carbocycles. The van der Waals surface area contributed by atoms with Gasteiger partial charge in [-0.05, 0) is 42.8 Å². The molecule has 144 valence electrons. The molecule has 1 aliphatic heterocycles. The van der Waals surface area contributed by atoms with Crippen molar-refractivity contribution in [1.82, 2.24) is 4.98 Å². The largest absolute Gasteiger partial charge is 0.450 e. The molecule has 0 bridgehead atoms. The van der Waals surface area contributed by atoms with Gasteiger partial charge in [0.25, 0.3) is 5.91 Å². The van der Waals surface area contributed by atoms with Gasteiger partial charge in [-0.3, -0.25) is 14.5 Å². The zero-order chi connectivity index (χ0) is 20.3. The summed E-state index contributed by atoms with van der Waals surface area (Å²) in [4.78, 5) is 32.7. The molecule has 2 aromatic heterocycles. The first kappa shape index (κ1) is 18.4. The monoisotopic (exact) mass is 442 g/mol. The second-order valence-corrected chi connectivity index (χ2v) is 8.43. The summed E-state index contributed by atoms with van der Waals surface area (Å²) < 4.78 is 5.89. The average Bonchev–Trinajstić information content (AvgIpc) is 3.24. The maximum absolute atomic E-state index is 13.4. The van der Waals surface area contributed by atoms with Crippen molar-refractivity contribution < 1.29 is 9.21 Å². The number of aryl methyl sites for hydroxylation is 1. The second-order valence-electron chi connectivity index (χ2n) is 6.72. The highest BCUT2D eigenvalue weighted by Crippen LogP contribution is 2.42. The standard InChI is InChI=1S/C21H12Cl2N2O3S/c1-10-9-29-21(24-10)25-17(11-3-2-4-12(22)7-11)16-18(26)14-8-13(23)5-6-15(14)28-19(16)20(25)27/h2-9,17H,1H3/t17-/m1/s1. The second kappa shape index (κ2) is 6.69. The van der Waals surface area contributed by atoms with E-state index < -0.39 is 11.9 Å². The van der Waals surface area contributed by atoms with Gasteiger partial charge in [0.2, 0.25) is 5.76 Å². The number of halogens is 2. The summed E-state index contributed by atoms with van der Waals surface area (Å²) in [6.07, 6.45) is 0. The fourth-order valence-electron chi connectivity index (χ4n) is 3.59. The maximum Gasteiger partial charge on any atom is 0.297 e. The highest BCUT2D eigenvalue weighted by Gasteiger charge is 2.44. The summed E-state index contributed by atoms with van der Waals surface area (Å²) >= 11 is 13.6. The molecule has 29 heavy (non-hydrogen) atoms. The third kappa shape index (κ3) is 2.87. The number of fused-ring (bicyclic) bond motifs is 2. The molecular weight excluding hydrogens is 431 g/mol. The number of thiazole rings is 1. The van der Waals surface area contributed by atoms with Crippen LogP contribution in [0.5, 0.6) is 0 Å². The van der Waals surface area contributed by atoms with E-state index in [2.05, 4.69) is 4.98 Å². The van der Waals surface area contributed by atoms with E-state index in [-0.39, 0.29) is 16.8 Å². The van der Waals surface area contributed by atoms with Crippen molar-refractivity contribution in [3.05, 3.63) is 90.7 Å². The van der Waals surface area contributed by atoms with Gasteiger partial charge in [0.05, 0.1) is 22.7 Å². The number of amides is 1. The van der Waals surface area contributed by atoms with Crippen LogP contribution in [0.2, 0.25) is 10.0 Å². The Labute approximate surface area is 179 Å². The smallest absolute Gasteiger partial charge is 0.297 e. The van der Waals surface area contributed by atoms with Gasteiger partial charge < -0.3 is 4.42 Å². The number of rotatable bonds is 2. The minimum atomic E-state index is -0.693. The van der Waals surface area contributed by atoms with Gasteiger partial charge in [0.15, 0.2) is 10.6 Å². The van der Waals surface area contributed by atoms with Crippen LogP contribution in [0.4, 0.5) is 5.13 Å². The van der Waals surface area contributed by atoms with E-state index in [1.54, 1.807) is 36.4 Å². The summed E-state index contributed by atoms with van der Waals surface area (Å²) in [5.41, 5.74) is 1.77. The first-order chi connectivity index (χ1) is 13.9. The third-order valence-corrected chi connectivity index (χ3v) is 6.24. The normalized spacial score (nSPS) is 15.9. The Hall–Kier alpha value is -2.67. The fourth-order valence-corrected chi connectivity index (χ4v) is 4.78. The molecule has 0 unspecified atom stereocenters. The number of nitrogens with zero attached hydrogens (tertiary/aromatic N) is 2. The third-order valence-electron chi connectivity index (χ3n) is 4.81. The lowest BCUT2D eigenvalue weighted by Gasteiger charge is -2.22. The van der Waals surface area contributed by atoms with Gasteiger partial charge in [-0.2, -0.15) is 0 Å². The van der Waals surface area contributed by atoms with Gasteiger partial charge in [-0.1, -0.05) is 35.3 Å². The summed E-state index contributed by atoms with van der Waals surface area (Å²) in [5.74, 6) is -0.393. The Morgan fingerprint density at radius 1 is 1.10 bits per heavy atom. The lowest BCUT2D eigenvalue weighted by Crippen LogP contribution is -2.29. The molecule has 1 amide bonds. The summed E-state index contributed by atoms with van der Waals surface area (Å²) in [6.45, 7) is 1.85. The minimum absolute atomic E-state index is 0.0163. The van der Waals surface area contributed by atoms with Crippen LogP contribution in [-0.4, -0.2) is 10.9 Å². The lowest BCUT2D eigenvalue weighted by atomic mass is 9.99. The van der Waals surface area contributed by atoms with E-state index in [0.717, 1.165) is 5.69 Å². The quantitative estimate of drug-likeness (QED) is 0.404. The van der Waals surface area contributed by atoms with E-state index >= 15 is 0 Å². The number of hydrogen-bond donors (Lipinski definition) is 0. The zero-order valence-corrected chi connectivity index (χ0v) is 17.3. The van der Waals surface area contributed by atoms with Crippen LogP contribution in [-0.2, 0) is 0 Å². The van der Waals surface area contributed by atoms with Gasteiger partial charge in [-0.25, -0.2) is 4.98 Å². The minimum Gasteiger partial charge on any atom is -0.450 e. The molecule has 0 saturated carbocycles. The zero-order valence-electron chi connectivity index (χ0n) is 15.0. The summed E-state index contributed by atoms with van der Waals surface area (Å²) in [6, 6.07) is 11.2. The van der Waals surface area contributed by atoms with Gasteiger partial charge in [0.1, 0.15) is 5.58 Å².